The summed E-state index contributed by atoms with van der Waals surface area (Å²) in [5.74, 6) is 0.428. The number of nitrogens with zero attached hydrogens (tertiary/aromatic N) is 2. The molecule has 0 aliphatic carbocycles. The number of thioether (sulfide) groups is 1. The summed E-state index contributed by atoms with van der Waals surface area (Å²) >= 11 is 2.33. The van der Waals surface area contributed by atoms with Gasteiger partial charge in [0, 0.05) is 5.75 Å². The molecule has 0 radical (unpaired) electrons. The molecule has 0 unspecified atom stereocenters. The van der Waals surface area contributed by atoms with Crippen molar-refractivity contribution < 1.29 is 18.3 Å². The zero-order valence-electron chi connectivity index (χ0n) is 10.8. The minimum Gasteiger partial charge on any atom is -0.392 e. The van der Waals surface area contributed by atoms with Crippen LogP contribution in [0, 0.1) is 5.41 Å². The molecule has 0 saturated heterocycles. The van der Waals surface area contributed by atoms with Gasteiger partial charge in [0.25, 0.3) is 0 Å². The highest BCUT2D eigenvalue weighted by Gasteiger charge is 2.27. The lowest BCUT2D eigenvalue weighted by molar-refractivity contribution is -0.115. The number of nitrogens with one attached hydrogen (secondary N) is 1. The number of hydrogen-bond donors (Lipinski definition) is 2. The van der Waals surface area contributed by atoms with E-state index in [4.69, 9.17) is 0 Å². The van der Waals surface area contributed by atoms with Gasteiger partial charge in [-0.15, -0.1) is 10.2 Å². The van der Waals surface area contributed by atoms with Crippen LogP contribution in [0.25, 0.3) is 0 Å². The number of aromatic nitrogens is 2. The third kappa shape index (κ3) is 6.44. The summed E-state index contributed by atoms with van der Waals surface area (Å²) < 4.78 is 36.5. The molecule has 0 spiro atoms. The van der Waals surface area contributed by atoms with Gasteiger partial charge in [-0.3, -0.25) is 0 Å². The molecule has 19 heavy (non-hydrogen) atoms. The normalized spacial score (nSPS) is 14.5. The van der Waals surface area contributed by atoms with Crippen molar-refractivity contribution in [2.24, 2.45) is 5.41 Å². The van der Waals surface area contributed by atoms with Crippen LogP contribution >= 0.6 is 23.1 Å². The van der Waals surface area contributed by atoms with Gasteiger partial charge in [0.15, 0.2) is 4.34 Å². The molecule has 0 aromatic carbocycles. The van der Waals surface area contributed by atoms with Gasteiger partial charge in [0.1, 0.15) is 6.54 Å². The van der Waals surface area contributed by atoms with E-state index in [1.54, 1.807) is 0 Å². The quantitative estimate of drug-likeness (QED) is 0.818. The fourth-order valence-corrected chi connectivity index (χ4v) is 2.96. The first-order valence-corrected chi connectivity index (χ1v) is 7.33. The monoisotopic (exact) mass is 315 g/mol. The standard InChI is InChI=1S/C10H16F3N3OS2/c1-9(2,3)6(17)4-18-8-16-15-7(19-8)14-5-10(11,12)13/h6,17H,4-5H2,1-3H3,(H,14,15)/t6-/m1/s1. The zero-order chi connectivity index (χ0) is 14.7. The molecule has 110 valence electrons. The summed E-state index contributed by atoms with van der Waals surface area (Å²) in [6.45, 7) is 4.61. The highest BCUT2D eigenvalue weighted by Crippen LogP contribution is 2.30. The fourth-order valence-electron chi connectivity index (χ4n) is 0.916. The molecule has 0 saturated carbocycles. The molecule has 0 aliphatic heterocycles. The topological polar surface area (TPSA) is 58.0 Å². The predicted octanol–water partition coefficient (Wildman–Crippen LogP) is 3.01. The Morgan fingerprint density at radius 2 is 1.95 bits per heavy atom. The molecule has 1 heterocycles. The zero-order valence-corrected chi connectivity index (χ0v) is 12.4. The third-order valence-corrected chi connectivity index (χ3v) is 4.30. The van der Waals surface area contributed by atoms with Crippen LogP contribution in [0.2, 0.25) is 0 Å². The Morgan fingerprint density at radius 1 is 1.32 bits per heavy atom. The highest BCUT2D eigenvalue weighted by atomic mass is 32.2. The SMILES string of the molecule is CC(C)(C)[C@H](O)CSc1nnc(NCC(F)(F)F)s1. The second-order valence-corrected chi connectivity index (χ2v) is 7.28. The lowest BCUT2D eigenvalue weighted by atomic mass is 9.90. The van der Waals surface area contributed by atoms with Crippen molar-refractivity contribution in [2.45, 2.75) is 37.4 Å². The van der Waals surface area contributed by atoms with Gasteiger partial charge in [0.2, 0.25) is 5.13 Å². The molecule has 4 nitrogen and oxygen atoms in total. The van der Waals surface area contributed by atoms with Crippen LogP contribution in [-0.2, 0) is 0 Å². The molecule has 1 aromatic rings. The molecule has 1 atom stereocenters. The second-order valence-electron chi connectivity index (χ2n) is 5.03. The number of halogens is 3. The summed E-state index contributed by atoms with van der Waals surface area (Å²) in [6, 6.07) is 0. The van der Waals surface area contributed by atoms with Crippen LogP contribution in [0.15, 0.2) is 4.34 Å². The van der Waals surface area contributed by atoms with E-state index in [-0.39, 0.29) is 10.5 Å². The van der Waals surface area contributed by atoms with E-state index >= 15 is 0 Å². The van der Waals surface area contributed by atoms with Gasteiger partial charge in [-0.2, -0.15) is 13.2 Å². The fraction of sp³-hybridized carbons (Fsp3) is 0.800. The largest absolute Gasteiger partial charge is 0.405 e. The van der Waals surface area contributed by atoms with Crippen molar-refractivity contribution in [1.82, 2.24) is 10.2 Å². The van der Waals surface area contributed by atoms with E-state index in [9.17, 15) is 18.3 Å². The van der Waals surface area contributed by atoms with Gasteiger partial charge in [-0.05, 0) is 5.41 Å². The smallest absolute Gasteiger partial charge is 0.392 e. The number of alkyl halides is 3. The molecule has 0 aliphatic rings. The molecule has 0 bridgehead atoms. The maximum absolute atomic E-state index is 12.0. The van der Waals surface area contributed by atoms with E-state index < -0.39 is 18.8 Å². The summed E-state index contributed by atoms with van der Waals surface area (Å²) in [7, 11) is 0. The molecule has 0 fully saturated rings. The summed E-state index contributed by atoms with van der Waals surface area (Å²) in [5, 5.41) is 19.5. The van der Waals surface area contributed by atoms with Crippen LogP contribution in [-0.4, -0.2) is 39.9 Å². The first-order valence-electron chi connectivity index (χ1n) is 5.53. The van der Waals surface area contributed by atoms with E-state index in [2.05, 4.69) is 15.5 Å². The Labute approximate surface area is 117 Å². The Bertz CT molecular complexity index is 403. The Hall–Kier alpha value is -0.540. The first kappa shape index (κ1) is 16.5. The van der Waals surface area contributed by atoms with E-state index in [1.165, 1.54) is 11.8 Å². The van der Waals surface area contributed by atoms with Crippen molar-refractivity contribution in [3.63, 3.8) is 0 Å². The number of rotatable bonds is 5. The van der Waals surface area contributed by atoms with E-state index in [0.29, 0.717) is 10.1 Å². The Balaban J connectivity index is 2.43. The van der Waals surface area contributed by atoms with Crippen LogP contribution in [0.4, 0.5) is 18.3 Å². The van der Waals surface area contributed by atoms with Gasteiger partial charge in [-0.25, -0.2) is 0 Å². The molecular weight excluding hydrogens is 299 g/mol. The van der Waals surface area contributed by atoms with Gasteiger partial charge in [-0.1, -0.05) is 43.9 Å². The third-order valence-electron chi connectivity index (χ3n) is 2.21. The Morgan fingerprint density at radius 3 is 2.47 bits per heavy atom. The molecule has 2 N–H and O–H groups in total. The van der Waals surface area contributed by atoms with Crippen LogP contribution in [0.3, 0.4) is 0 Å². The molecule has 1 aromatic heterocycles. The van der Waals surface area contributed by atoms with Gasteiger partial charge < -0.3 is 10.4 Å². The number of hydrogen-bond acceptors (Lipinski definition) is 6. The highest BCUT2D eigenvalue weighted by molar-refractivity contribution is 8.01. The molecular formula is C10H16F3N3OS2. The van der Waals surface area contributed by atoms with Crippen LogP contribution in [0.1, 0.15) is 20.8 Å². The minimum absolute atomic E-state index is 0.130. The molecule has 1 rings (SSSR count). The Kier molecular flexibility index (Phi) is 5.45. The van der Waals surface area contributed by atoms with Crippen molar-refractivity contribution >= 4 is 28.2 Å². The van der Waals surface area contributed by atoms with Gasteiger partial charge >= 0.3 is 6.18 Å². The first-order chi connectivity index (χ1) is 8.58. The van der Waals surface area contributed by atoms with Crippen molar-refractivity contribution in [1.29, 1.82) is 0 Å². The minimum atomic E-state index is -4.28. The summed E-state index contributed by atoms with van der Waals surface area (Å²) in [4.78, 5) is 0. The average molecular weight is 315 g/mol. The average Bonchev–Trinajstić information content (AvgIpc) is 2.68. The van der Waals surface area contributed by atoms with Crippen molar-refractivity contribution in [3.8, 4) is 0 Å². The molecule has 0 amide bonds. The molecule has 9 heteroatoms. The lowest BCUT2D eigenvalue weighted by Crippen LogP contribution is -2.28. The van der Waals surface area contributed by atoms with Gasteiger partial charge in [0.05, 0.1) is 6.10 Å². The number of aliphatic hydroxyl groups excluding tert-OH is 1. The van der Waals surface area contributed by atoms with E-state index in [0.717, 1.165) is 11.3 Å². The maximum Gasteiger partial charge on any atom is 0.405 e. The summed E-state index contributed by atoms with van der Waals surface area (Å²) in [6.07, 6.45) is -4.80. The van der Waals surface area contributed by atoms with Crippen molar-refractivity contribution in [3.05, 3.63) is 0 Å². The number of anilines is 1. The maximum atomic E-state index is 12.0. The summed E-state index contributed by atoms with van der Waals surface area (Å²) in [5.41, 5.74) is -0.241. The van der Waals surface area contributed by atoms with Crippen LogP contribution in [0.5, 0.6) is 0 Å². The van der Waals surface area contributed by atoms with Crippen molar-refractivity contribution in [2.75, 3.05) is 17.6 Å². The lowest BCUT2D eigenvalue weighted by Gasteiger charge is -2.24. The predicted molar refractivity (Wildman–Crippen MR) is 70.6 cm³/mol. The number of aliphatic hydroxyl groups is 1. The van der Waals surface area contributed by atoms with E-state index in [1.807, 2.05) is 20.8 Å². The van der Waals surface area contributed by atoms with Crippen LogP contribution < -0.4 is 5.32 Å². The second kappa shape index (κ2) is 6.27.